The van der Waals surface area contributed by atoms with Gasteiger partial charge in [0.1, 0.15) is 11.3 Å². The number of pyridine rings is 1. The topological polar surface area (TPSA) is 94.9 Å². The van der Waals surface area contributed by atoms with E-state index < -0.39 is 0 Å². The van der Waals surface area contributed by atoms with Crippen molar-refractivity contribution in [3.63, 3.8) is 0 Å². The molecule has 3 heterocycles. The van der Waals surface area contributed by atoms with E-state index in [1.165, 1.54) is 0 Å². The fourth-order valence-electron chi connectivity index (χ4n) is 4.61. The Labute approximate surface area is 209 Å². The minimum atomic E-state index is -0.0894. The molecule has 2 aromatic carbocycles. The molecule has 186 valence electrons. The molecule has 8 nitrogen and oxygen atoms in total. The van der Waals surface area contributed by atoms with Crippen LogP contribution in [0.3, 0.4) is 0 Å². The van der Waals surface area contributed by atoms with Crippen LogP contribution in [0.2, 0.25) is 0 Å². The summed E-state index contributed by atoms with van der Waals surface area (Å²) in [5, 5.41) is 6.44. The van der Waals surface area contributed by atoms with E-state index in [4.69, 9.17) is 18.6 Å². The van der Waals surface area contributed by atoms with Gasteiger partial charge in [-0.15, -0.1) is 0 Å². The molecular formula is C28H29N3O5. The minimum absolute atomic E-state index is 0.0894. The summed E-state index contributed by atoms with van der Waals surface area (Å²) in [5.41, 5.74) is 4.44. The van der Waals surface area contributed by atoms with Gasteiger partial charge in [-0.2, -0.15) is 0 Å². The van der Waals surface area contributed by atoms with E-state index in [2.05, 4.69) is 15.6 Å². The number of fused-ring (bicyclic) bond motifs is 1. The van der Waals surface area contributed by atoms with Crippen LogP contribution in [0.1, 0.15) is 23.2 Å². The number of carbonyl (C=O) groups excluding carboxylic acids is 1. The van der Waals surface area contributed by atoms with Gasteiger partial charge < -0.3 is 29.3 Å². The first-order valence-electron chi connectivity index (χ1n) is 11.9. The van der Waals surface area contributed by atoms with E-state index in [1.54, 1.807) is 27.5 Å². The van der Waals surface area contributed by atoms with Crippen LogP contribution in [0.4, 0.5) is 0 Å². The summed E-state index contributed by atoms with van der Waals surface area (Å²) >= 11 is 0. The van der Waals surface area contributed by atoms with Crippen molar-refractivity contribution in [1.29, 1.82) is 0 Å². The van der Waals surface area contributed by atoms with Crippen LogP contribution in [0.5, 0.6) is 17.2 Å². The Bertz CT molecular complexity index is 1370. The molecule has 1 fully saturated rings. The predicted molar refractivity (Wildman–Crippen MR) is 138 cm³/mol. The lowest BCUT2D eigenvalue weighted by Crippen LogP contribution is -2.37. The Morgan fingerprint density at radius 1 is 1.06 bits per heavy atom. The molecule has 1 amide bonds. The van der Waals surface area contributed by atoms with Crippen LogP contribution in [-0.4, -0.2) is 51.4 Å². The standard InChI is InChI=1S/C28H29N3O5/c1-33-24-13-19(14-25(34-2)27(24)35-3)23-15-22-26(36-23)21(9-11-30-22)17-6-4-7-18(12-17)28(32)31-16-20-8-5-10-29-20/h4,6-7,9,11-15,20,29H,5,8,10,16H2,1-3H3,(H,31,32). The summed E-state index contributed by atoms with van der Waals surface area (Å²) in [6, 6.07) is 15.3. The number of rotatable bonds is 8. The SMILES string of the molecule is COc1cc(-c2cc3nccc(-c4cccc(C(=O)NCC5CCCN5)c4)c3o2)cc(OC)c1OC. The molecule has 36 heavy (non-hydrogen) atoms. The van der Waals surface area contributed by atoms with E-state index in [0.29, 0.717) is 52.3 Å². The summed E-state index contributed by atoms with van der Waals surface area (Å²) in [4.78, 5) is 17.3. The highest BCUT2D eigenvalue weighted by atomic mass is 16.5. The predicted octanol–water partition coefficient (Wildman–Crippen LogP) is 4.67. The molecule has 0 saturated carbocycles. The van der Waals surface area contributed by atoms with E-state index in [1.807, 2.05) is 48.5 Å². The van der Waals surface area contributed by atoms with Crippen molar-refractivity contribution in [2.75, 3.05) is 34.4 Å². The van der Waals surface area contributed by atoms with Crippen LogP contribution < -0.4 is 24.8 Å². The van der Waals surface area contributed by atoms with Gasteiger partial charge in [-0.3, -0.25) is 9.78 Å². The normalized spacial score (nSPS) is 15.1. The van der Waals surface area contributed by atoms with Crippen LogP contribution in [-0.2, 0) is 0 Å². The summed E-state index contributed by atoms with van der Waals surface area (Å²) in [5.74, 6) is 2.10. The number of aromatic nitrogens is 1. The highest BCUT2D eigenvalue weighted by Gasteiger charge is 2.19. The van der Waals surface area contributed by atoms with Gasteiger partial charge in [-0.25, -0.2) is 0 Å². The van der Waals surface area contributed by atoms with Crippen molar-refractivity contribution >= 4 is 17.0 Å². The Hall–Kier alpha value is -4.04. The number of ether oxygens (including phenoxy) is 3. The van der Waals surface area contributed by atoms with Crippen molar-refractivity contribution in [1.82, 2.24) is 15.6 Å². The summed E-state index contributed by atoms with van der Waals surface area (Å²) in [7, 11) is 4.72. The van der Waals surface area contributed by atoms with Crippen LogP contribution >= 0.6 is 0 Å². The Morgan fingerprint density at radius 3 is 2.56 bits per heavy atom. The zero-order valence-corrected chi connectivity index (χ0v) is 20.6. The zero-order chi connectivity index (χ0) is 25.1. The van der Waals surface area contributed by atoms with E-state index in [9.17, 15) is 4.79 Å². The number of methoxy groups -OCH3 is 3. The molecule has 1 aliphatic rings. The lowest BCUT2D eigenvalue weighted by Gasteiger charge is -2.13. The largest absolute Gasteiger partial charge is 0.493 e. The van der Waals surface area contributed by atoms with Gasteiger partial charge in [-0.1, -0.05) is 12.1 Å². The Morgan fingerprint density at radius 2 is 1.86 bits per heavy atom. The van der Waals surface area contributed by atoms with Crippen molar-refractivity contribution in [2.45, 2.75) is 18.9 Å². The summed E-state index contributed by atoms with van der Waals surface area (Å²) < 4.78 is 22.7. The van der Waals surface area contributed by atoms with Crippen molar-refractivity contribution < 1.29 is 23.4 Å². The number of nitrogens with zero attached hydrogens (tertiary/aromatic N) is 1. The molecular weight excluding hydrogens is 458 g/mol. The first-order valence-corrected chi connectivity index (χ1v) is 11.9. The first kappa shape index (κ1) is 23.7. The number of hydrogen-bond acceptors (Lipinski definition) is 7. The maximum absolute atomic E-state index is 12.8. The molecule has 0 spiro atoms. The zero-order valence-electron chi connectivity index (χ0n) is 20.6. The second kappa shape index (κ2) is 10.3. The molecule has 0 radical (unpaired) electrons. The molecule has 8 heteroatoms. The molecule has 1 aliphatic heterocycles. The number of nitrogens with one attached hydrogen (secondary N) is 2. The van der Waals surface area contributed by atoms with Gasteiger partial charge in [0.2, 0.25) is 5.75 Å². The molecule has 0 aliphatic carbocycles. The molecule has 2 N–H and O–H groups in total. The van der Waals surface area contributed by atoms with E-state index in [-0.39, 0.29) is 5.91 Å². The summed E-state index contributed by atoms with van der Waals surface area (Å²) in [6.07, 6.45) is 3.97. The highest BCUT2D eigenvalue weighted by molar-refractivity contribution is 5.98. The van der Waals surface area contributed by atoms with Crippen LogP contribution in [0.15, 0.2) is 59.1 Å². The summed E-state index contributed by atoms with van der Waals surface area (Å²) in [6.45, 7) is 1.63. The van der Waals surface area contributed by atoms with Crippen molar-refractivity contribution in [3.05, 3.63) is 60.3 Å². The number of benzene rings is 2. The van der Waals surface area contributed by atoms with Crippen LogP contribution in [0, 0.1) is 0 Å². The van der Waals surface area contributed by atoms with E-state index in [0.717, 1.165) is 36.1 Å². The average molecular weight is 488 g/mol. The highest BCUT2D eigenvalue weighted by Crippen LogP contribution is 2.42. The third-order valence-electron chi connectivity index (χ3n) is 6.47. The molecule has 1 unspecified atom stereocenters. The maximum atomic E-state index is 12.8. The fraction of sp³-hybridized carbons (Fsp3) is 0.286. The molecule has 2 aromatic heterocycles. The van der Waals surface area contributed by atoms with Gasteiger partial charge >= 0.3 is 0 Å². The van der Waals surface area contributed by atoms with Gasteiger partial charge in [0.25, 0.3) is 5.91 Å². The second-order valence-corrected chi connectivity index (χ2v) is 8.68. The third kappa shape index (κ3) is 4.59. The number of furan rings is 1. The lowest BCUT2D eigenvalue weighted by molar-refractivity contribution is 0.0950. The third-order valence-corrected chi connectivity index (χ3v) is 6.47. The molecule has 1 saturated heterocycles. The smallest absolute Gasteiger partial charge is 0.251 e. The average Bonchev–Trinajstić information content (AvgIpc) is 3.61. The molecule has 0 bridgehead atoms. The first-order chi connectivity index (χ1) is 17.6. The van der Waals surface area contributed by atoms with Crippen molar-refractivity contribution in [2.24, 2.45) is 0 Å². The Balaban J connectivity index is 1.48. The number of amides is 1. The molecule has 5 rings (SSSR count). The maximum Gasteiger partial charge on any atom is 0.251 e. The molecule has 1 atom stereocenters. The number of carbonyl (C=O) groups is 1. The fourth-order valence-corrected chi connectivity index (χ4v) is 4.61. The van der Waals surface area contributed by atoms with Gasteiger partial charge in [0.15, 0.2) is 17.1 Å². The Kier molecular flexibility index (Phi) is 6.77. The minimum Gasteiger partial charge on any atom is -0.493 e. The molecule has 4 aromatic rings. The number of hydrogen-bond donors (Lipinski definition) is 2. The quantitative estimate of drug-likeness (QED) is 0.373. The van der Waals surface area contributed by atoms with Crippen LogP contribution in [0.25, 0.3) is 33.6 Å². The van der Waals surface area contributed by atoms with Crippen molar-refractivity contribution in [3.8, 4) is 39.7 Å². The van der Waals surface area contributed by atoms with Gasteiger partial charge in [0.05, 0.1) is 21.3 Å². The monoisotopic (exact) mass is 487 g/mol. The lowest BCUT2D eigenvalue weighted by atomic mass is 10.0. The van der Waals surface area contributed by atoms with Gasteiger partial charge in [-0.05, 0) is 55.3 Å². The van der Waals surface area contributed by atoms with Gasteiger partial charge in [0, 0.05) is 41.5 Å². The second-order valence-electron chi connectivity index (χ2n) is 8.68. The van der Waals surface area contributed by atoms with E-state index >= 15 is 0 Å².